The summed E-state index contributed by atoms with van der Waals surface area (Å²) in [4.78, 5) is 11.7. The molecule has 2 N–H and O–H groups in total. The highest BCUT2D eigenvalue weighted by Gasteiger charge is 2.46. The number of aliphatic carboxylic acids is 1. The van der Waals surface area contributed by atoms with Crippen LogP contribution in [0, 0.1) is 5.92 Å². The number of carboxylic acid groups (broad SMARTS) is 1. The molecular weight excluding hydrogens is 254 g/mol. The van der Waals surface area contributed by atoms with Gasteiger partial charge in [-0.1, -0.05) is 20.3 Å². The van der Waals surface area contributed by atoms with Crippen LogP contribution in [0.15, 0.2) is 0 Å². The maximum atomic E-state index is 11.7. The minimum absolute atomic E-state index is 0.102. The molecule has 0 saturated heterocycles. The number of ether oxygens (including phenoxy) is 1. The minimum Gasteiger partial charge on any atom is -0.480 e. The molecule has 2 fully saturated rings. The highest BCUT2D eigenvalue weighted by Crippen LogP contribution is 2.34. The van der Waals surface area contributed by atoms with Gasteiger partial charge in [0.1, 0.15) is 5.54 Å². The van der Waals surface area contributed by atoms with Crippen LogP contribution in [0.3, 0.4) is 0 Å². The quantitative estimate of drug-likeness (QED) is 0.719. The Hall–Kier alpha value is -0.610. The molecule has 4 heteroatoms. The van der Waals surface area contributed by atoms with Crippen LogP contribution in [-0.2, 0) is 9.53 Å². The third-order valence-electron chi connectivity index (χ3n) is 4.57. The molecule has 0 bridgehead atoms. The van der Waals surface area contributed by atoms with E-state index >= 15 is 0 Å². The SMILES string of the molecule is CCCC(C)COC1CCCC(NC2CC2)(C(=O)O)C1. The normalized spacial score (nSPS) is 32.0. The van der Waals surface area contributed by atoms with Crippen molar-refractivity contribution in [2.75, 3.05) is 6.61 Å². The Morgan fingerprint density at radius 2 is 2.20 bits per heavy atom. The molecule has 2 saturated carbocycles. The second-order valence-electron chi connectivity index (χ2n) is 6.75. The van der Waals surface area contributed by atoms with Crippen LogP contribution >= 0.6 is 0 Å². The second kappa shape index (κ2) is 6.90. The summed E-state index contributed by atoms with van der Waals surface area (Å²) in [5.74, 6) is -0.128. The fourth-order valence-corrected chi connectivity index (χ4v) is 3.25. The summed E-state index contributed by atoms with van der Waals surface area (Å²) in [5, 5.41) is 13.0. The third-order valence-corrected chi connectivity index (χ3v) is 4.57. The van der Waals surface area contributed by atoms with Crippen molar-refractivity contribution in [2.24, 2.45) is 5.92 Å². The molecule has 3 unspecified atom stereocenters. The molecule has 4 nitrogen and oxygen atoms in total. The van der Waals surface area contributed by atoms with Gasteiger partial charge in [-0.3, -0.25) is 10.1 Å². The summed E-state index contributed by atoms with van der Waals surface area (Å²) < 4.78 is 6.00. The zero-order valence-electron chi connectivity index (χ0n) is 12.9. The fourth-order valence-electron chi connectivity index (χ4n) is 3.25. The van der Waals surface area contributed by atoms with E-state index in [2.05, 4.69) is 19.2 Å². The van der Waals surface area contributed by atoms with Gasteiger partial charge in [0.25, 0.3) is 0 Å². The van der Waals surface area contributed by atoms with Crippen molar-refractivity contribution in [1.82, 2.24) is 5.32 Å². The predicted molar refractivity (Wildman–Crippen MR) is 78.8 cm³/mol. The van der Waals surface area contributed by atoms with Gasteiger partial charge in [-0.25, -0.2) is 0 Å². The van der Waals surface area contributed by atoms with Gasteiger partial charge >= 0.3 is 5.97 Å². The van der Waals surface area contributed by atoms with Gasteiger partial charge in [0.05, 0.1) is 6.10 Å². The zero-order chi connectivity index (χ0) is 14.6. The molecule has 2 aliphatic carbocycles. The zero-order valence-corrected chi connectivity index (χ0v) is 12.9. The largest absolute Gasteiger partial charge is 0.480 e. The van der Waals surface area contributed by atoms with Gasteiger partial charge in [-0.15, -0.1) is 0 Å². The summed E-state index contributed by atoms with van der Waals surface area (Å²) >= 11 is 0. The summed E-state index contributed by atoms with van der Waals surface area (Å²) in [7, 11) is 0. The van der Waals surface area contributed by atoms with E-state index in [0.29, 0.717) is 18.4 Å². The van der Waals surface area contributed by atoms with Gasteiger partial charge in [-0.05, 0) is 44.4 Å². The maximum Gasteiger partial charge on any atom is 0.324 e. The highest BCUT2D eigenvalue weighted by atomic mass is 16.5. The summed E-state index contributed by atoms with van der Waals surface area (Å²) in [6, 6.07) is 0.420. The fraction of sp³-hybridized carbons (Fsp3) is 0.938. The first kappa shape index (κ1) is 15.8. The molecule has 2 aliphatic rings. The Balaban J connectivity index is 1.86. The van der Waals surface area contributed by atoms with Crippen LogP contribution < -0.4 is 5.32 Å². The van der Waals surface area contributed by atoms with Gasteiger partial charge in [0.2, 0.25) is 0 Å². The van der Waals surface area contributed by atoms with Crippen molar-refractivity contribution in [3.63, 3.8) is 0 Å². The number of carbonyl (C=O) groups is 1. The van der Waals surface area contributed by atoms with Crippen molar-refractivity contribution < 1.29 is 14.6 Å². The van der Waals surface area contributed by atoms with Crippen molar-refractivity contribution in [3.05, 3.63) is 0 Å². The van der Waals surface area contributed by atoms with Gasteiger partial charge in [-0.2, -0.15) is 0 Å². The predicted octanol–water partition coefficient (Wildman–Crippen LogP) is 2.96. The van der Waals surface area contributed by atoms with Gasteiger partial charge in [0.15, 0.2) is 0 Å². The number of carboxylic acids is 1. The second-order valence-corrected chi connectivity index (χ2v) is 6.75. The number of hydrogen-bond acceptors (Lipinski definition) is 3. The highest BCUT2D eigenvalue weighted by molar-refractivity contribution is 5.79. The lowest BCUT2D eigenvalue weighted by molar-refractivity contribution is -0.149. The van der Waals surface area contributed by atoms with Crippen molar-refractivity contribution >= 4 is 5.97 Å². The molecule has 0 aliphatic heterocycles. The third kappa shape index (κ3) is 4.19. The van der Waals surface area contributed by atoms with Gasteiger partial charge in [0, 0.05) is 19.1 Å². The van der Waals surface area contributed by atoms with E-state index in [9.17, 15) is 9.90 Å². The lowest BCUT2D eigenvalue weighted by atomic mass is 9.80. The Kier molecular flexibility index (Phi) is 5.44. The van der Waals surface area contributed by atoms with Crippen molar-refractivity contribution in [3.8, 4) is 0 Å². The van der Waals surface area contributed by atoms with E-state index in [1.807, 2.05) is 0 Å². The van der Waals surface area contributed by atoms with Crippen LogP contribution in [0.1, 0.15) is 65.2 Å². The maximum absolute atomic E-state index is 11.7. The standard InChI is InChI=1S/C16H29NO3/c1-3-5-12(2)11-20-14-6-4-9-16(10-14,15(18)19)17-13-7-8-13/h12-14,17H,3-11H2,1-2H3,(H,18,19). The van der Waals surface area contributed by atoms with E-state index in [0.717, 1.165) is 38.7 Å². The number of nitrogens with one attached hydrogen (secondary N) is 1. The monoisotopic (exact) mass is 283 g/mol. The lowest BCUT2D eigenvalue weighted by Crippen LogP contribution is -2.57. The molecule has 3 atom stereocenters. The average Bonchev–Trinajstić information content (AvgIpc) is 3.21. The molecule has 0 aromatic rings. The van der Waals surface area contributed by atoms with Crippen LogP contribution in [-0.4, -0.2) is 35.4 Å². The molecular formula is C16H29NO3. The first-order valence-corrected chi connectivity index (χ1v) is 8.18. The molecule has 0 heterocycles. The molecule has 20 heavy (non-hydrogen) atoms. The number of rotatable bonds is 8. The van der Waals surface area contributed by atoms with Gasteiger partial charge < -0.3 is 9.84 Å². The van der Waals surface area contributed by atoms with Crippen LogP contribution in [0.25, 0.3) is 0 Å². The van der Waals surface area contributed by atoms with E-state index in [1.54, 1.807) is 0 Å². The van der Waals surface area contributed by atoms with E-state index in [1.165, 1.54) is 12.8 Å². The first-order chi connectivity index (χ1) is 9.55. The van der Waals surface area contributed by atoms with E-state index in [-0.39, 0.29) is 6.10 Å². The van der Waals surface area contributed by atoms with Crippen molar-refractivity contribution in [2.45, 2.75) is 82.9 Å². The Morgan fingerprint density at radius 3 is 2.80 bits per heavy atom. The van der Waals surface area contributed by atoms with E-state index < -0.39 is 11.5 Å². The molecule has 0 aromatic carbocycles. The van der Waals surface area contributed by atoms with Crippen LogP contribution in [0.2, 0.25) is 0 Å². The van der Waals surface area contributed by atoms with Crippen LogP contribution in [0.5, 0.6) is 0 Å². The first-order valence-electron chi connectivity index (χ1n) is 8.18. The smallest absolute Gasteiger partial charge is 0.324 e. The molecule has 2 rings (SSSR count). The summed E-state index contributed by atoms with van der Waals surface area (Å²) in [5.41, 5.74) is -0.738. The lowest BCUT2D eigenvalue weighted by Gasteiger charge is -2.38. The Morgan fingerprint density at radius 1 is 1.45 bits per heavy atom. The molecule has 0 radical (unpaired) electrons. The Labute approximate surface area is 122 Å². The van der Waals surface area contributed by atoms with Crippen LogP contribution in [0.4, 0.5) is 0 Å². The molecule has 0 spiro atoms. The molecule has 116 valence electrons. The van der Waals surface area contributed by atoms with Crippen molar-refractivity contribution in [1.29, 1.82) is 0 Å². The van der Waals surface area contributed by atoms with E-state index in [4.69, 9.17) is 4.74 Å². The molecule has 0 amide bonds. The number of hydrogen-bond donors (Lipinski definition) is 2. The topological polar surface area (TPSA) is 58.6 Å². The summed E-state index contributed by atoms with van der Waals surface area (Å²) in [6.07, 6.45) is 8.00. The molecule has 0 aromatic heterocycles. The summed E-state index contributed by atoms with van der Waals surface area (Å²) in [6.45, 7) is 5.16. The minimum atomic E-state index is -0.738. The Bertz CT molecular complexity index is 330. The average molecular weight is 283 g/mol.